The van der Waals surface area contributed by atoms with Gasteiger partial charge in [0.15, 0.2) is 0 Å². The number of fused-ring (bicyclic) bond motifs is 2. The summed E-state index contributed by atoms with van der Waals surface area (Å²) in [6.07, 6.45) is 5.90. The van der Waals surface area contributed by atoms with Crippen LogP contribution in [0.2, 0.25) is 5.02 Å². The quantitative estimate of drug-likeness (QED) is 0.832. The van der Waals surface area contributed by atoms with Crippen LogP contribution in [0.3, 0.4) is 0 Å². The number of rotatable bonds is 4. The molecule has 1 nitrogen and oxygen atoms in total. The lowest BCUT2D eigenvalue weighted by Gasteiger charge is -2.31. The molecule has 3 rings (SSSR count). The molecular weight excluding hydrogens is 254 g/mol. The van der Waals surface area contributed by atoms with Crippen LogP contribution in [0, 0.1) is 17.8 Å². The van der Waals surface area contributed by atoms with Gasteiger partial charge in [-0.2, -0.15) is 0 Å². The maximum atomic E-state index is 5.95. The SMILES string of the molecule is CC(NC(C)C1CC2CCC1C2)c1ccc(Cl)cc1. The molecule has 0 radical (unpaired) electrons. The van der Waals surface area contributed by atoms with Gasteiger partial charge in [0.05, 0.1) is 0 Å². The number of benzene rings is 1. The minimum atomic E-state index is 0.409. The second kappa shape index (κ2) is 5.46. The molecule has 2 saturated carbocycles. The summed E-state index contributed by atoms with van der Waals surface area (Å²) < 4.78 is 0. The lowest BCUT2D eigenvalue weighted by Crippen LogP contribution is -2.37. The Labute approximate surface area is 121 Å². The molecule has 1 aromatic rings. The molecule has 104 valence electrons. The summed E-state index contributed by atoms with van der Waals surface area (Å²) in [6.45, 7) is 4.63. The Hall–Kier alpha value is -0.530. The first-order valence-electron chi connectivity index (χ1n) is 7.65. The van der Waals surface area contributed by atoms with E-state index in [2.05, 4.69) is 31.3 Å². The van der Waals surface area contributed by atoms with Crippen molar-refractivity contribution in [1.29, 1.82) is 0 Å². The van der Waals surface area contributed by atoms with Crippen LogP contribution in [0.1, 0.15) is 51.1 Å². The van der Waals surface area contributed by atoms with E-state index in [-0.39, 0.29) is 0 Å². The monoisotopic (exact) mass is 277 g/mol. The van der Waals surface area contributed by atoms with Gasteiger partial charge in [0.25, 0.3) is 0 Å². The van der Waals surface area contributed by atoms with E-state index in [0.29, 0.717) is 12.1 Å². The summed E-state index contributed by atoms with van der Waals surface area (Å²) in [5.74, 6) is 2.92. The van der Waals surface area contributed by atoms with Gasteiger partial charge < -0.3 is 5.32 Å². The third-order valence-electron chi connectivity index (χ3n) is 5.32. The van der Waals surface area contributed by atoms with Crippen LogP contribution < -0.4 is 5.32 Å². The molecule has 2 bridgehead atoms. The van der Waals surface area contributed by atoms with Gasteiger partial charge in [-0.3, -0.25) is 0 Å². The minimum Gasteiger partial charge on any atom is -0.307 e. The Balaban J connectivity index is 1.60. The van der Waals surface area contributed by atoms with E-state index >= 15 is 0 Å². The minimum absolute atomic E-state index is 0.409. The highest BCUT2D eigenvalue weighted by Crippen LogP contribution is 2.49. The fraction of sp³-hybridized carbons (Fsp3) is 0.647. The molecule has 0 saturated heterocycles. The van der Waals surface area contributed by atoms with E-state index < -0.39 is 0 Å². The maximum absolute atomic E-state index is 5.95. The average molecular weight is 278 g/mol. The molecular formula is C17H24ClN. The second-order valence-electron chi connectivity index (χ2n) is 6.57. The first kappa shape index (κ1) is 13.5. The number of halogens is 1. The molecule has 5 atom stereocenters. The average Bonchev–Trinajstić information content (AvgIpc) is 3.01. The van der Waals surface area contributed by atoms with E-state index in [1.807, 2.05) is 12.1 Å². The van der Waals surface area contributed by atoms with Gasteiger partial charge in [0.1, 0.15) is 0 Å². The van der Waals surface area contributed by atoms with Crippen LogP contribution in [-0.4, -0.2) is 6.04 Å². The van der Waals surface area contributed by atoms with Gasteiger partial charge in [-0.25, -0.2) is 0 Å². The Kier molecular flexibility index (Phi) is 3.86. The molecule has 0 aliphatic heterocycles. The fourth-order valence-electron chi connectivity index (χ4n) is 4.27. The van der Waals surface area contributed by atoms with Crippen molar-refractivity contribution < 1.29 is 0 Å². The van der Waals surface area contributed by atoms with E-state index in [4.69, 9.17) is 11.6 Å². The van der Waals surface area contributed by atoms with Crippen LogP contribution >= 0.6 is 11.6 Å². The predicted molar refractivity (Wildman–Crippen MR) is 81.4 cm³/mol. The zero-order chi connectivity index (χ0) is 13.4. The van der Waals surface area contributed by atoms with Crippen LogP contribution in [0.15, 0.2) is 24.3 Å². The lowest BCUT2D eigenvalue weighted by molar-refractivity contribution is 0.248. The Morgan fingerprint density at radius 1 is 1.11 bits per heavy atom. The largest absolute Gasteiger partial charge is 0.307 e. The molecule has 2 aliphatic rings. The Bertz CT molecular complexity index is 427. The summed E-state index contributed by atoms with van der Waals surface area (Å²) in [7, 11) is 0. The maximum Gasteiger partial charge on any atom is 0.0406 e. The predicted octanol–water partition coefficient (Wildman–Crippen LogP) is 4.82. The van der Waals surface area contributed by atoms with Crippen molar-refractivity contribution in [1.82, 2.24) is 5.32 Å². The van der Waals surface area contributed by atoms with Gasteiger partial charge in [0.2, 0.25) is 0 Å². The molecule has 0 spiro atoms. The van der Waals surface area contributed by atoms with Crippen molar-refractivity contribution in [3.05, 3.63) is 34.9 Å². The topological polar surface area (TPSA) is 12.0 Å². The highest BCUT2D eigenvalue weighted by atomic mass is 35.5. The first-order chi connectivity index (χ1) is 9.13. The van der Waals surface area contributed by atoms with Crippen molar-refractivity contribution in [2.24, 2.45) is 17.8 Å². The third-order valence-corrected chi connectivity index (χ3v) is 5.57. The molecule has 1 N–H and O–H groups in total. The molecule has 2 fully saturated rings. The molecule has 0 aromatic heterocycles. The zero-order valence-electron chi connectivity index (χ0n) is 11.9. The zero-order valence-corrected chi connectivity index (χ0v) is 12.7. The molecule has 2 heteroatoms. The summed E-state index contributed by atoms with van der Waals surface area (Å²) in [6, 6.07) is 9.27. The van der Waals surface area contributed by atoms with Gasteiger partial charge in [-0.05, 0) is 68.6 Å². The summed E-state index contributed by atoms with van der Waals surface area (Å²) >= 11 is 5.95. The van der Waals surface area contributed by atoms with Gasteiger partial charge in [-0.15, -0.1) is 0 Å². The van der Waals surface area contributed by atoms with Crippen molar-refractivity contribution in [2.45, 2.75) is 51.6 Å². The molecule has 2 aliphatic carbocycles. The van der Waals surface area contributed by atoms with Crippen LogP contribution in [0.5, 0.6) is 0 Å². The van der Waals surface area contributed by atoms with Crippen molar-refractivity contribution in [3.8, 4) is 0 Å². The normalized spacial score (nSPS) is 32.5. The van der Waals surface area contributed by atoms with Crippen LogP contribution in [0.25, 0.3) is 0 Å². The standard InChI is InChI=1S/C17H24ClN/c1-11(14-5-7-16(18)8-6-14)19-12(2)17-10-13-3-4-15(17)9-13/h5-8,11-13,15,17,19H,3-4,9-10H2,1-2H3. The van der Waals surface area contributed by atoms with Crippen LogP contribution in [-0.2, 0) is 0 Å². The number of hydrogen-bond donors (Lipinski definition) is 1. The fourth-order valence-corrected chi connectivity index (χ4v) is 4.40. The first-order valence-corrected chi connectivity index (χ1v) is 8.03. The second-order valence-corrected chi connectivity index (χ2v) is 7.00. The van der Waals surface area contributed by atoms with Gasteiger partial charge >= 0.3 is 0 Å². The number of hydrogen-bond acceptors (Lipinski definition) is 1. The summed E-state index contributed by atoms with van der Waals surface area (Å²) in [5, 5.41) is 4.62. The molecule has 1 aromatic carbocycles. The molecule has 19 heavy (non-hydrogen) atoms. The van der Waals surface area contributed by atoms with E-state index in [0.717, 1.165) is 22.8 Å². The van der Waals surface area contributed by atoms with Crippen LogP contribution in [0.4, 0.5) is 0 Å². The van der Waals surface area contributed by atoms with Crippen molar-refractivity contribution in [2.75, 3.05) is 0 Å². The highest BCUT2D eigenvalue weighted by molar-refractivity contribution is 6.30. The van der Waals surface area contributed by atoms with Gasteiger partial charge in [0, 0.05) is 17.1 Å². The Morgan fingerprint density at radius 3 is 2.42 bits per heavy atom. The van der Waals surface area contributed by atoms with Crippen molar-refractivity contribution in [3.63, 3.8) is 0 Å². The summed E-state index contributed by atoms with van der Waals surface area (Å²) in [5.41, 5.74) is 1.33. The summed E-state index contributed by atoms with van der Waals surface area (Å²) in [4.78, 5) is 0. The van der Waals surface area contributed by atoms with E-state index in [1.165, 1.54) is 31.2 Å². The number of nitrogens with one attached hydrogen (secondary N) is 1. The van der Waals surface area contributed by atoms with Crippen molar-refractivity contribution >= 4 is 11.6 Å². The third kappa shape index (κ3) is 2.83. The smallest absolute Gasteiger partial charge is 0.0406 e. The van der Waals surface area contributed by atoms with E-state index in [1.54, 1.807) is 0 Å². The van der Waals surface area contributed by atoms with E-state index in [9.17, 15) is 0 Å². The lowest BCUT2D eigenvalue weighted by atomic mass is 9.83. The Morgan fingerprint density at radius 2 is 1.84 bits per heavy atom. The molecule has 0 heterocycles. The molecule has 5 unspecified atom stereocenters. The highest BCUT2D eigenvalue weighted by Gasteiger charge is 2.41. The molecule has 0 amide bonds. The van der Waals surface area contributed by atoms with Gasteiger partial charge in [-0.1, -0.05) is 30.2 Å².